The number of hydrogen-bond donors (Lipinski definition) is 12. The minimum atomic E-state index is -1.40. The Labute approximate surface area is 286 Å². The van der Waals surface area contributed by atoms with Gasteiger partial charge in [0.05, 0.1) is 25.0 Å². The van der Waals surface area contributed by atoms with Gasteiger partial charge in [-0.25, -0.2) is 4.98 Å². The van der Waals surface area contributed by atoms with Crippen LogP contribution in [0.15, 0.2) is 12.5 Å². The molecule has 15 N–H and O–H groups in total. The molecule has 1 aromatic heterocycles. The zero-order valence-electron chi connectivity index (χ0n) is 28.2. The summed E-state index contributed by atoms with van der Waals surface area (Å²) in [6.07, 6.45) is 6.26. The fourth-order valence-electron chi connectivity index (χ4n) is 4.60. The molecule has 278 valence electrons. The van der Waals surface area contributed by atoms with Crippen LogP contribution >= 0.6 is 0 Å². The normalized spacial score (nSPS) is 14.1. The number of aliphatic hydroxyl groups is 1. The van der Waals surface area contributed by atoms with Gasteiger partial charge in [0.1, 0.15) is 24.7 Å². The highest BCUT2D eigenvalue weighted by Crippen LogP contribution is 2.06. The van der Waals surface area contributed by atoms with E-state index in [1.54, 1.807) is 0 Å². The van der Waals surface area contributed by atoms with E-state index in [4.69, 9.17) is 22.3 Å². The molecule has 0 unspecified atom stereocenters. The predicted molar refractivity (Wildman–Crippen MR) is 179 cm³/mol. The van der Waals surface area contributed by atoms with E-state index in [9.17, 15) is 33.9 Å². The van der Waals surface area contributed by atoms with Gasteiger partial charge in [-0.3, -0.25) is 28.8 Å². The molecule has 0 saturated carbocycles. The third-order valence-electron chi connectivity index (χ3n) is 7.37. The van der Waals surface area contributed by atoms with Gasteiger partial charge in [0.2, 0.25) is 29.5 Å². The molecule has 19 heteroatoms. The largest absolute Gasteiger partial charge is 0.480 e. The first-order chi connectivity index (χ1) is 23.4. The van der Waals surface area contributed by atoms with Crippen LogP contribution in [0.1, 0.15) is 64.0 Å². The molecule has 0 radical (unpaired) electrons. The highest BCUT2D eigenvalue weighted by molar-refractivity contribution is 5.95. The molecule has 5 amide bonds. The van der Waals surface area contributed by atoms with Crippen LogP contribution in [0.3, 0.4) is 0 Å². The molecular formula is C30H55N11O8. The van der Waals surface area contributed by atoms with E-state index in [1.807, 2.05) is 0 Å². The summed E-state index contributed by atoms with van der Waals surface area (Å²) >= 11 is 0. The van der Waals surface area contributed by atoms with Crippen LogP contribution in [-0.2, 0) is 35.2 Å². The number of aliphatic hydroxyl groups excluding tert-OH is 1. The van der Waals surface area contributed by atoms with Crippen molar-refractivity contribution in [1.82, 2.24) is 41.9 Å². The van der Waals surface area contributed by atoms with Gasteiger partial charge >= 0.3 is 5.97 Å². The molecular weight excluding hydrogens is 642 g/mol. The number of nitrogens with zero attached hydrogens (tertiary/aromatic N) is 1. The van der Waals surface area contributed by atoms with Crippen molar-refractivity contribution < 1.29 is 39.0 Å². The number of carbonyl (C=O) groups is 6. The summed E-state index contributed by atoms with van der Waals surface area (Å²) in [4.78, 5) is 82.3. The second-order valence-corrected chi connectivity index (χ2v) is 11.7. The first-order valence-corrected chi connectivity index (χ1v) is 16.6. The van der Waals surface area contributed by atoms with Gasteiger partial charge in [-0.1, -0.05) is 6.42 Å². The Kier molecular flexibility index (Phi) is 21.8. The van der Waals surface area contributed by atoms with E-state index in [2.05, 4.69) is 41.9 Å². The van der Waals surface area contributed by atoms with Crippen molar-refractivity contribution in [3.8, 4) is 0 Å². The van der Waals surface area contributed by atoms with Gasteiger partial charge in [0, 0.05) is 18.3 Å². The molecule has 0 aliphatic carbocycles. The number of carboxylic acid groups (broad SMARTS) is 1. The zero-order valence-corrected chi connectivity index (χ0v) is 28.2. The van der Waals surface area contributed by atoms with E-state index in [0.29, 0.717) is 57.4 Å². The monoisotopic (exact) mass is 697 g/mol. The number of nitrogens with two attached hydrogens (primary N) is 3. The number of aromatic amines is 1. The molecule has 0 aliphatic heterocycles. The van der Waals surface area contributed by atoms with Crippen molar-refractivity contribution in [2.24, 2.45) is 17.2 Å². The fourth-order valence-corrected chi connectivity index (χ4v) is 4.60. The highest BCUT2D eigenvalue weighted by atomic mass is 16.4. The van der Waals surface area contributed by atoms with Crippen molar-refractivity contribution in [3.05, 3.63) is 18.2 Å². The van der Waals surface area contributed by atoms with Crippen LogP contribution in [0.2, 0.25) is 0 Å². The average Bonchev–Trinajstić information content (AvgIpc) is 3.58. The molecule has 0 spiro atoms. The highest BCUT2D eigenvalue weighted by Gasteiger charge is 2.30. The maximum atomic E-state index is 13.5. The molecule has 0 saturated heterocycles. The van der Waals surface area contributed by atoms with Crippen LogP contribution < -0.4 is 49.1 Å². The average molecular weight is 698 g/mol. The fraction of sp³-hybridized carbons (Fsp3) is 0.700. The Hall–Kier alpha value is -4.17. The molecule has 0 bridgehead atoms. The van der Waals surface area contributed by atoms with Crippen molar-refractivity contribution >= 4 is 35.5 Å². The van der Waals surface area contributed by atoms with Crippen LogP contribution in [0.25, 0.3) is 0 Å². The van der Waals surface area contributed by atoms with E-state index in [-0.39, 0.29) is 12.8 Å². The summed E-state index contributed by atoms with van der Waals surface area (Å²) in [5.41, 5.74) is 17.4. The molecule has 0 aliphatic rings. The quantitative estimate of drug-likeness (QED) is 0.0391. The third-order valence-corrected chi connectivity index (χ3v) is 7.37. The van der Waals surface area contributed by atoms with E-state index >= 15 is 0 Å². The van der Waals surface area contributed by atoms with E-state index in [1.165, 1.54) is 19.4 Å². The Morgan fingerprint density at radius 3 is 2.04 bits per heavy atom. The number of amides is 5. The summed E-state index contributed by atoms with van der Waals surface area (Å²) in [5, 5.41) is 34.6. The molecule has 19 nitrogen and oxygen atoms in total. The van der Waals surface area contributed by atoms with Gasteiger partial charge < -0.3 is 64.3 Å². The summed E-state index contributed by atoms with van der Waals surface area (Å²) in [5.74, 6) is -4.97. The number of H-pyrrole nitrogens is 1. The molecule has 0 fully saturated rings. The lowest BCUT2D eigenvalue weighted by Crippen LogP contribution is -2.58. The smallest absolute Gasteiger partial charge is 0.322 e. The minimum Gasteiger partial charge on any atom is -0.480 e. The van der Waals surface area contributed by atoms with Crippen molar-refractivity contribution in [3.63, 3.8) is 0 Å². The first-order valence-electron chi connectivity index (χ1n) is 16.6. The lowest BCUT2D eigenvalue weighted by molar-refractivity contribution is -0.138. The van der Waals surface area contributed by atoms with Gasteiger partial charge in [-0.15, -0.1) is 0 Å². The van der Waals surface area contributed by atoms with Gasteiger partial charge in [-0.2, -0.15) is 0 Å². The maximum absolute atomic E-state index is 13.5. The molecule has 1 rings (SSSR count). The molecule has 1 aromatic rings. The number of carboxylic acids is 1. The van der Waals surface area contributed by atoms with Crippen LogP contribution in [-0.4, -0.2) is 125 Å². The van der Waals surface area contributed by atoms with Crippen LogP contribution in [0.5, 0.6) is 0 Å². The standard InChI is InChI=1S/C30H55N11O8/c1-19(42)26(41-27(46)21(33)8-2-4-10-31)30(49)36-16-24(43)39-22(9-3-6-12-34-13-7-5-11-32)29(48)40-23(14-20-15-35-18-38-20)28(47)37-17-25(44)45/h15,18-19,21-23,26,34,42H,2-14,16-17,31-33H2,1H3,(H,35,38)(H,36,49)(H,37,47)(H,39,43)(H,40,48)(H,41,46)(H,44,45)/t19-,21+,22+,23+,26+/m1/s1. The van der Waals surface area contributed by atoms with E-state index in [0.717, 1.165) is 19.4 Å². The number of nitrogens with one attached hydrogen (secondary N) is 7. The Bertz CT molecular complexity index is 1150. The van der Waals surface area contributed by atoms with Crippen molar-refractivity contribution in [1.29, 1.82) is 0 Å². The number of aliphatic carboxylic acids is 1. The SMILES string of the molecule is C[C@@H](O)[C@H](NC(=O)[C@@H](N)CCCCN)C(=O)NCC(=O)N[C@@H](CCCCNCCCCN)C(=O)N[C@@H](Cc1cnc[nH]1)C(=O)NCC(=O)O. The topological polar surface area (TPSA) is 322 Å². The summed E-state index contributed by atoms with van der Waals surface area (Å²) in [6, 6.07) is -4.65. The van der Waals surface area contributed by atoms with Crippen LogP contribution in [0.4, 0.5) is 0 Å². The minimum absolute atomic E-state index is 0.0379. The third kappa shape index (κ3) is 18.8. The summed E-state index contributed by atoms with van der Waals surface area (Å²) in [7, 11) is 0. The number of aromatic nitrogens is 2. The number of hydrogen-bond acceptors (Lipinski definition) is 12. The zero-order chi connectivity index (χ0) is 36.6. The maximum Gasteiger partial charge on any atom is 0.322 e. The molecule has 5 atom stereocenters. The first kappa shape index (κ1) is 42.9. The van der Waals surface area contributed by atoms with Crippen molar-refractivity contribution in [2.75, 3.05) is 39.3 Å². The molecule has 1 heterocycles. The lowest BCUT2D eigenvalue weighted by Gasteiger charge is -2.24. The number of imidazole rings is 1. The number of rotatable bonds is 27. The van der Waals surface area contributed by atoms with Gasteiger partial charge in [0.25, 0.3) is 0 Å². The Morgan fingerprint density at radius 2 is 1.43 bits per heavy atom. The van der Waals surface area contributed by atoms with Crippen LogP contribution in [0, 0.1) is 0 Å². The van der Waals surface area contributed by atoms with E-state index < -0.39 is 78.9 Å². The number of unbranched alkanes of at least 4 members (excludes halogenated alkanes) is 3. The Balaban J connectivity index is 2.92. The second kappa shape index (κ2) is 24.9. The molecule has 0 aromatic carbocycles. The summed E-state index contributed by atoms with van der Waals surface area (Å²) in [6.45, 7) is 2.53. The van der Waals surface area contributed by atoms with Gasteiger partial charge in [0.15, 0.2) is 0 Å². The second-order valence-electron chi connectivity index (χ2n) is 11.7. The van der Waals surface area contributed by atoms with Crippen molar-refractivity contribution in [2.45, 2.75) is 95.0 Å². The molecule has 49 heavy (non-hydrogen) atoms. The predicted octanol–water partition coefficient (Wildman–Crippen LogP) is -3.94. The number of carbonyl (C=O) groups excluding carboxylic acids is 5. The summed E-state index contributed by atoms with van der Waals surface area (Å²) < 4.78 is 0. The Morgan fingerprint density at radius 1 is 0.796 bits per heavy atom. The van der Waals surface area contributed by atoms with Gasteiger partial charge in [-0.05, 0) is 78.0 Å². The lowest BCUT2D eigenvalue weighted by atomic mass is 10.1.